The van der Waals surface area contributed by atoms with Gasteiger partial charge in [0, 0.05) is 340 Å². The first-order valence-corrected chi connectivity index (χ1v) is 13.9. The Kier molecular flexibility index (Phi) is 113. The van der Waals surface area contributed by atoms with Crippen LogP contribution in [-0.4, -0.2) is 273 Å². The monoisotopic (exact) mass is 1090 g/mol. The number of aliphatic hydroxyl groups excluding tert-OH is 24. The van der Waals surface area contributed by atoms with Gasteiger partial charge in [-0.2, -0.15) is 0 Å². The normalized spacial score (nSPS) is 18.1. The van der Waals surface area contributed by atoms with Gasteiger partial charge in [-0.25, -0.2) is 0 Å². The van der Waals surface area contributed by atoms with Gasteiger partial charge in [0.15, 0.2) is 0 Å². The zero-order chi connectivity index (χ0) is 38.9. The third-order valence-corrected chi connectivity index (χ3v) is 6.05. The maximum absolute atomic E-state index is 8.96. The Balaban J connectivity index is -0.0000000391. The van der Waals surface area contributed by atoms with Crippen LogP contribution in [0, 0.1) is 340 Å². The Morgan fingerprint density at radius 1 is 0.158 bits per heavy atom. The fourth-order valence-corrected chi connectivity index (χ4v) is 2.68. The molecule has 0 amide bonds. The van der Waals surface area contributed by atoms with Gasteiger partial charge >= 0.3 is 0 Å². The van der Waals surface area contributed by atoms with Crippen LogP contribution in [0.3, 0.4) is 0 Å². The number of hydrogen-bond donors (Lipinski definition) is 24. The molecule has 16 atom stereocenters. The van der Waals surface area contributed by atoms with Crippen molar-refractivity contribution in [2.75, 3.05) is 52.9 Å². The summed E-state index contributed by atoms with van der Waals surface area (Å²) in [5.41, 5.74) is 0. The second kappa shape index (κ2) is 64.4. The van der Waals surface area contributed by atoms with Crippen molar-refractivity contribution < 1.29 is 462 Å². The van der Waals surface area contributed by atoms with Crippen LogP contribution >= 0.6 is 0 Å². The van der Waals surface area contributed by atoms with E-state index in [-0.39, 0.29) is 340 Å². The second-order valence-corrected chi connectivity index (χ2v) is 9.92. The third kappa shape index (κ3) is 49.7. The van der Waals surface area contributed by atoms with Crippen molar-refractivity contribution in [3.63, 3.8) is 0 Å². The first-order valence-electron chi connectivity index (χ1n) is 13.9. The third-order valence-electron chi connectivity index (χ3n) is 6.05. The molecule has 0 saturated carbocycles. The SMILES string of the molecule is OC[C@@H](O)[C@@H](O)[C@H](O)[C@H](O)CO.OC[C@@H](O)[C@@H](O)[C@H](O)[C@H](O)CO.OC[C@@H](O)[C@@H](O)[C@H](O)[C@H](O)CO.OC[C@@H](O)[C@@H](O)[C@H](O)[C@H](O)CO.[Ar].[Ar].[Ar].[Ar].[Ar].[Ar].[Ar].[Ar].[Ar]. The van der Waals surface area contributed by atoms with Crippen molar-refractivity contribution in [2.45, 2.75) is 97.7 Å². The topological polar surface area (TPSA) is 486 Å². The predicted molar refractivity (Wildman–Crippen MR) is 153 cm³/mol. The van der Waals surface area contributed by atoms with E-state index >= 15 is 0 Å². The molecule has 0 aliphatic carbocycles. The molecule has 0 aliphatic rings. The minimum Gasteiger partial charge on any atom is -0.394 e. The van der Waals surface area contributed by atoms with Crippen molar-refractivity contribution in [3.05, 3.63) is 0 Å². The summed E-state index contributed by atoms with van der Waals surface area (Å²) in [6.45, 7) is -5.81. The van der Waals surface area contributed by atoms with Gasteiger partial charge in [-0.15, -0.1) is 0 Å². The van der Waals surface area contributed by atoms with Gasteiger partial charge in [0.05, 0.1) is 52.9 Å². The van der Waals surface area contributed by atoms with Crippen molar-refractivity contribution in [1.29, 1.82) is 0 Å². The van der Waals surface area contributed by atoms with E-state index < -0.39 is 151 Å². The molecule has 368 valence electrons. The van der Waals surface area contributed by atoms with E-state index in [0.717, 1.165) is 0 Å². The van der Waals surface area contributed by atoms with Crippen LogP contribution in [0.25, 0.3) is 0 Å². The predicted octanol–water partition coefficient (Wildman–Crippen LogP) is -14.3. The Hall–Kier alpha value is 10.4. The minimum atomic E-state index is -1.67. The standard InChI is InChI=1S/4C6H14O6.9Ar/c4*7-1-3(9)5(11)6(12)4(10)2-8;;;;;;;;;/h4*3-12H,1-2H2;;;;;;;;;/t4*3-,4-,5-,6-;;;;;;;;;/m1111........./s1. The summed E-state index contributed by atoms with van der Waals surface area (Å²) in [7, 11) is 0. The molecule has 57 heavy (non-hydrogen) atoms. The fourth-order valence-electron chi connectivity index (χ4n) is 2.68. The smallest absolute Gasteiger partial charge is 0.111 e. The minimum absolute atomic E-state index is 0. The van der Waals surface area contributed by atoms with Gasteiger partial charge in [-0.1, -0.05) is 0 Å². The van der Waals surface area contributed by atoms with E-state index in [2.05, 4.69) is 0 Å². The Morgan fingerprint density at radius 3 is 0.246 bits per heavy atom. The van der Waals surface area contributed by atoms with Crippen LogP contribution in [0.2, 0.25) is 0 Å². The molecular formula is C24H56Ar9O24. The van der Waals surface area contributed by atoms with E-state index in [1.807, 2.05) is 0 Å². The summed E-state index contributed by atoms with van der Waals surface area (Å²) in [5, 5.41) is 209. The molecule has 0 heterocycles. The van der Waals surface area contributed by atoms with Gasteiger partial charge < -0.3 is 123 Å². The molecule has 0 saturated heterocycles. The van der Waals surface area contributed by atoms with E-state index in [1.165, 1.54) is 0 Å². The van der Waals surface area contributed by atoms with E-state index in [0.29, 0.717) is 0 Å². The van der Waals surface area contributed by atoms with Crippen molar-refractivity contribution in [3.8, 4) is 0 Å². The summed E-state index contributed by atoms with van der Waals surface area (Å²) < 4.78 is 0. The van der Waals surface area contributed by atoms with Crippen LogP contribution in [0.15, 0.2) is 0 Å². The molecule has 0 unspecified atom stereocenters. The van der Waals surface area contributed by atoms with Gasteiger partial charge in [-0.3, -0.25) is 0 Å². The molecule has 0 aromatic heterocycles. The summed E-state index contributed by atoms with van der Waals surface area (Å²) in [4.78, 5) is 0. The van der Waals surface area contributed by atoms with Crippen LogP contribution in [-0.2, 0) is 0 Å². The van der Waals surface area contributed by atoms with Gasteiger partial charge in [0.25, 0.3) is 0 Å². The summed E-state index contributed by atoms with van der Waals surface area (Å²) in [6.07, 6.45) is -25.6. The molecule has 0 rings (SSSR count). The first kappa shape index (κ1) is 100. The summed E-state index contributed by atoms with van der Waals surface area (Å²) in [5.74, 6) is 0. The zero-order valence-corrected chi connectivity index (χ0v) is 35.2. The second-order valence-electron chi connectivity index (χ2n) is 9.92. The number of rotatable bonds is 20. The summed E-state index contributed by atoms with van der Waals surface area (Å²) in [6, 6.07) is 0. The molecule has 24 nitrogen and oxygen atoms in total. The van der Waals surface area contributed by atoms with Crippen LogP contribution in [0.1, 0.15) is 0 Å². The molecule has 0 spiro atoms. The van der Waals surface area contributed by atoms with E-state index in [4.69, 9.17) is 123 Å². The van der Waals surface area contributed by atoms with Gasteiger partial charge in [0.1, 0.15) is 97.7 Å². The first-order chi connectivity index (χ1) is 22.2. The largest absolute Gasteiger partial charge is 0.394 e. The quantitative estimate of drug-likeness (QED) is 0.0538. The Bertz CT molecular complexity index is 566. The molecule has 33 heteroatoms. The average molecular weight is 1090 g/mol. The maximum atomic E-state index is 8.96. The molecule has 0 bridgehead atoms. The average Bonchev–Trinajstić information content (AvgIpc) is 3.12. The molecule has 0 aromatic rings. The molecule has 24 N–H and O–H groups in total. The van der Waals surface area contributed by atoms with E-state index in [1.54, 1.807) is 0 Å². The summed E-state index contributed by atoms with van der Waals surface area (Å²) >= 11 is 0. The Morgan fingerprint density at radius 2 is 0.211 bits per heavy atom. The van der Waals surface area contributed by atoms with E-state index in [9.17, 15) is 0 Å². The number of aliphatic hydroxyl groups is 24. The van der Waals surface area contributed by atoms with Crippen molar-refractivity contribution in [2.24, 2.45) is 0 Å². The molecule has 0 radical (unpaired) electrons. The van der Waals surface area contributed by atoms with Crippen molar-refractivity contribution in [1.82, 2.24) is 0 Å². The van der Waals surface area contributed by atoms with Crippen LogP contribution in [0.5, 0.6) is 0 Å². The van der Waals surface area contributed by atoms with Crippen LogP contribution < -0.4 is 0 Å². The molecular weight excluding hydrogens is 1030 g/mol. The maximum Gasteiger partial charge on any atom is 0.111 e. The zero-order valence-electron chi connectivity index (χ0n) is 28.8. The van der Waals surface area contributed by atoms with Crippen LogP contribution in [0.4, 0.5) is 0 Å². The fraction of sp³-hybridized carbons (Fsp3) is 1.00. The van der Waals surface area contributed by atoms with Gasteiger partial charge in [0.2, 0.25) is 0 Å². The molecule has 0 aromatic carbocycles. The van der Waals surface area contributed by atoms with Gasteiger partial charge in [-0.05, 0) is 0 Å². The Labute approximate surface area is 598 Å². The molecule has 0 fully saturated rings. The molecule has 0 aliphatic heterocycles. The van der Waals surface area contributed by atoms with Crippen molar-refractivity contribution >= 4 is 0 Å². The number of hydrogen-bond acceptors (Lipinski definition) is 24.